The van der Waals surface area contributed by atoms with Crippen molar-refractivity contribution in [2.75, 3.05) is 11.9 Å². The molecule has 1 amide bonds. The van der Waals surface area contributed by atoms with Crippen molar-refractivity contribution in [3.05, 3.63) is 112 Å². The minimum Gasteiger partial charge on any atom is -0.459 e. The smallest absolute Gasteiger partial charge is 0.306 e. The van der Waals surface area contributed by atoms with Crippen molar-refractivity contribution in [3.63, 3.8) is 0 Å². The quantitative estimate of drug-likeness (QED) is 0.164. The van der Waals surface area contributed by atoms with Gasteiger partial charge in [-0.25, -0.2) is 8.78 Å². The molecule has 2 atom stereocenters. The number of aryl methyl sites for hydroxylation is 1. The molecule has 43 heavy (non-hydrogen) atoms. The van der Waals surface area contributed by atoms with Gasteiger partial charge in [0.25, 0.3) is 0 Å². The molecule has 1 heterocycles. The van der Waals surface area contributed by atoms with E-state index in [0.29, 0.717) is 23.7 Å². The molecular formula is C32H35F2N5O3S. The topological polar surface area (TPSA) is 119 Å². The summed E-state index contributed by atoms with van der Waals surface area (Å²) in [6, 6.07) is 20.3. The summed E-state index contributed by atoms with van der Waals surface area (Å²) < 4.78 is 33.2. The number of amides is 1. The Balaban J connectivity index is 1.31. The highest BCUT2D eigenvalue weighted by atomic mass is 32.1. The number of hydrogen-bond donors (Lipinski definition) is 3. The highest BCUT2D eigenvalue weighted by molar-refractivity contribution is 7.15. The van der Waals surface area contributed by atoms with Gasteiger partial charge in [0.05, 0.1) is 6.42 Å². The van der Waals surface area contributed by atoms with Crippen LogP contribution in [-0.4, -0.2) is 40.8 Å². The predicted molar refractivity (Wildman–Crippen MR) is 162 cm³/mol. The molecule has 0 spiro atoms. The first-order chi connectivity index (χ1) is 20.8. The van der Waals surface area contributed by atoms with Gasteiger partial charge < -0.3 is 21.1 Å². The zero-order valence-electron chi connectivity index (χ0n) is 23.9. The van der Waals surface area contributed by atoms with Crippen LogP contribution < -0.4 is 16.4 Å². The first kappa shape index (κ1) is 31.9. The summed E-state index contributed by atoms with van der Waals surface area (Å²) >= 11 is 1.27. The second-order valence-corrected chi connectivity index (χ2v) is 11.3. The molecule has 0 bridgehead atoms. The van der Waals surface area contributed by atoms with Crippen LogP contribution in [0.1, 0.15) is 47.0 Å². The lowest BCUT2D eigenvalue weighted by atomic mass is 10.0. The van der Waals surface area contributed by atoms with E-state index in [2.05, 4.69) is 33.8 Å². The summed E-state index contributed by atoms with van der Waals surface area (Å²) in [6.07, 6.45) is 0.481. The predicted octanol–water partition coefficient (Wildman–Crippen LogP) is 4.96. The molecular weight excluding hydrogens is 572 g/mol. The summed E-state index contributed by atoms with van der Waals surface area (Å²) in [6.45, 7) is 2.80. The Morgan fingerprint density at radius 1 is 0.907 bits per heavy atom. The summed E-state index contributed by atoms with van der Waals surface area (Å²) in [7, 11) is 0. The normalized spacial score (nSPS) is 12.5. The Morgan fingerprint density at radius 3 is 2.37 bits per heavy atom. The lowest BCUT2D eigenvalue weighted by Gasteiger charge is -2.25. The maximum Gasteiger partial charge on any atom is 0.306 e. The molecule has 3 aromatic carbocycles. The highest BCUT2D eigenvalue weighted by Gasteiger charge is 2.23. The number of nitrogens with one attached hydrogen (secondary N) is 2. The molecule has 0 aliphatic heterocycles. The SMILES string of the molecule is CCc1cccc(CNC[C@@H](OC(=O)CCC(=O)Nc2nnc(Cc3ccccc3)s2)[C@@H](N)Cc2cc(F)cc(F)c2)c1. The van der Waals surface area contributed by atoms with Crippen LogP contribution in [0.25, 0.3) is 0 Å². The average Bonchev–Trinajstić information content (AvgIpc) is 3.41. The van der Waals surface area contributed by atoms with E-state index in [1.54, 1.807) is 0 Å². The Morgan fingerprint density at radius 2 is 1.63 bits per heavy atom. The number of carbonyl (C=O) groups is 2. The van der Waals surface area contributed by atoms with Gasteiger partial charge in [-0.05, 0) is 47.2 Å². The van der Waals surface area contributed by atoms with Crippen LogP contribution in [0.15, 0.2) is 72.8 Å². The van der Waals surface area contributed by atoms with Gasteiger partial charge in [-0.2, -0.15) is 0 Å². The molecule has 0 fully saturated rings. The molecule has 1 aromatic heterocycles. The minimum absolute atomic E-state index is 0.0858. The third-order valence-electron chi connectivity index (χ3n) is 6.70. The summed E-state index contributed by atoms with van der Waals surface area (Å²) in [5, 5.41) is 15.2. The monoisotopic (exact) mass is 607 g/mol. The van der Waals surface area contributed by atoms with Crippen molar-refractivity contribution in [1.29, 1.82) is 0 Å². The van der Waals surface area contributed by atoms with Crippen LogP contribution in [0.4, 0.5) is 13.9 Å². The molecule has 0 saturated heterocycles. The number of rotatable bonds is 15. The number of benzene rings is 3. The van der Waals surface area contributed by atoms with E-state index >= 15 is 0 Å². The van der Waals surface area contributed by atoms with Gasteiger partial charge in [0, 0.05) is 38.0 Å². The molecule has 8 nitrogen and oxygen atoms in total. The van der Waals surface area contributed by atoms with Crippen molar-refractivity contribution in [3.8, 4) is 0 Å². The number of carbonyl (C=O) groups excluding carboxylic acids is 2. The van der Waals surface area contributed by atoms with Crippen molar-refractivity contribution in [2.24, 2.45) is 5.73 Å². The highest BCUT2D eigenvalue weighted by Crippen LogP contribution is 2.19. The Bertz CT molecular complexity index is 1480. The third kappa shape index (κ3) is 10.6. The Hall–Kier alpha value is -4.06. The largest absolute Gasteiger partial charge is 0.459 e. The molecule has 0 unspecified atom stereocenters. The number of halogens is 2. The number of esters is 1. The first-order valence-corrected chi connectivity index (χ1v) is 14.9. The molecule has 0 radical (unpaired) electrons. The fourth-order valence-corrected chi connectivity index (χ4v) is 5.29. The second-order valence-electron chi connectivity index (χ2n) is 10.2. The fourth-order valence-electron chi connectivity index (χ4n) is 4.50. The second kappa shape index (κ2) is 16.0. The Kier molecular flexibility index (Phi) is 11.8. The molecule has 11 heteroatoms. The van der Waals surface area contributed by atoms with Gasteiger partial charge in [-0.15, -0.1) is 10.2 Å². The number of nitrogens with zero attached hydrogens (tertiary/aromatic N) is 2. The lowest BCUT2D eigenvalue weighted by molar-refractivity contribution is -0.150. The van der Waals surface area contributed by atoms with E-state index in [4.69, 9.17) is 10.5 Å². The molecule has 226 valence electrons. The first-order valence-electron chi connectivity index (χ1n) is 14.1. The van der Waals surface area contributed by atoms with Gasteiger partial charge in [0.15, 0.2) is 0 Å². The van der Waals surface area contributed by atoms with Crippen LogP contribution in [0.2, 0.25) is 0 Å². The van der Waals surface area contributed by atoms with Crippen LogP contribution in [0, 0.1) is 11.6 Å². The Labute approximate surface area is 253 Å². The molecule has 0 aliphatic carbocycles. The van der Waals surface area contributed by atoms with Gasteiger partial charge in [0.1, 0.15) is 22.7 Å². The van der Waals surface area contributed by atoms with E-state index in [9.17, 15) is 18.4 Å². The van der Waals surface area contributed by atoms with Gasteiger partial charge in [-0.3, -0.25) is 9.59 Å². The van der Waals surface area contributed by atoms with Crippen LogP contribution >= 0.6 is 11.3 Å². The number of nitrogens with two attached hydrogens (primary N) is 1. The number of aromatic nitrogens is 2. The molecule has 4 N–H and O–H groups in total. The van der Waals surface area contributed by atoms with Crippen LogP contribution in [0.5, 0.6) is 0 Å². The van der Waals surface area contributed by atoms with Gasteiger partial charge in [0.2, 0.25) is 11.0 Å². The zero-order chi connectivity index (χ0) is 30.6. The minimum atomic E-state index is -0.806. The van der Waals surface area contributed by atoms with E-state index in [1.165, 1.54) is 29.0 Å². The standard InChI is InChI=1S/C32H35F2N5O3S/c1-2-21-9-6-10-23(13-21)19-36-20-28(27(35)16-24-14-25(33)18-26(34)15-24)42-31(41)12-11-29(40)37-32-39-38-30(43-32)17-22-7-4-3-5-8-22/h3-10,13-15,18,27-28,36H,2,11-12,16-17,19-20,35H2,1H3,(H,37,39,40)/t27-,28+/m0/s1. The zero-order valence-corrected chi connectivity index (χ0v) is 24.7. The van der Waals surface area contributed by atoms with Crippen molar-refractivity contribution >= 4 is 28.3 Å². The van der Waals surface area contributed by atoms with Crippen molar-refractivity contribution in [1.82, 2.24) is 15.5 Å². The maximum absolute atomic E-state index is 13.7. The number of ether oxygens (including phenoxy) is 1. The van der Waals surface area contributed by atoms with E-state index in [-0.39, 0.29) is 25.8 Å². The molecule has 0 aliphatic rings. The fraction of sp³-hybridized carbons (Fsp3) is 0.312. The number of anilines is 1. The summed E-state index contributed by atoms with van der Waals surface area (Å²) in [5.74, 6) is -2.43. The van der Waals surface area contributed by atoms with Crippen LogP contribution in [-0.2, 0) is 40.1 Å². The number of hydrogen-bond acceptors (Lipinski definition) is 8. The van der Waals surface area contributed by atoms with E-state index < -0.39 is 35.7 Å². The summed E-state index contributed by atoms with van der Waals surface area (Å²) in [5.41, 5.74) is 10.1. The van der Waals surface area contributed by atoms with Crippen LogP contribution in [0.3, 0.4) is 0 Å². The average molecular weight is 608 g/mol. The molecule has 4 rings (SSSR count). The summed E-state index contributed by atoms with van der Waals surface area (Å²) in [4.78, 5) is 25.3. The molecule has 4 aromatic rings. The lowest BCUT2D eigenvalue weighted by Crippen LogP contribution is -2.46. The van der Waals surface area contributed by atoms with Crippen molar-refractivity contribution in [2.45, 2.75) is 57.7 Å². The third-order valence-corrected chi connectivity index (χ3v) is 7.53. The van der Waals surface area contributed by atoms with E-state index in [1.807, 2.05) is 48.5 Å². The van der Waals surface area contributed by atoms with Gasteiger partial charge in [-0.1, -0.05) is 72.9 Å². The maximum atomic E-state index is 13.7. The molecule has 0 saturated carbocycles. The van der Waals surface area contributed by atoms with E-state index in [0.717, 1.165) is 28.6 Å². The van der Waals surface area contributed by atoms with Crippen molar-refractivity contribution < 1.29 is 23.1 Å². The van der Waals surface area contributed by atoms with Gasteiger partial charge >= 0.3 is 5.97 Å².